The second-order valence-corrected chi connectivity index (χ2v) is 5.02. The maximum Gasteiger partial charge on any atom is 0.219 e. The van der Waals surface area contributed by atoms with Crippen molar-refractivity contribution in [2.75, 3.05) is 7.05 Å². The molecule has 0 atom stereocenters. The van der Waals surface area contributed by atoms with E-state index in [1.54, 1.807) is 7.05 Å². The summed E-state index contributed by atoms with van der Waals surface area (Å²) in [5, 5.41) is 2.48. The van der Waals surface area contributed by atoms with E-state index in [0.29, 0.717) is 6.42 Å². The Labute approximate surface area is 125 Å². The summed E-state index contributed by atoms with van der Waals surface area (Å²) in [6.45, 7) is 5.81. The summed E-state index contributed by atoms with van der Waals surface area (Å²) >= 11 is 0. The van der Waals surface area contributed by atoms with Crippen molar-refractivity contribution in [3.63, 3.8) is 0 Å². The minimum Gasteiger partial charge on any atom is -0.440 e. The molecule has 3 rings (SSSR count). The summed E-state index contributed by atoms with van der Waals surface area (Å²) in [7, 11) is 1.63. The minimum atomic E-state index is 0.0926. The summed E-state index contributed by atoms with van der Waals surface area (Å²) in [5.41, 5.74) is 6.03. The van der Waals surface area contributed by atoms with Gasteiger partial charge in [0.05, 0.1) is 0 Å². The lowest BCUT2D eigenvalue weighted by atomic mass is 10.1. The molecule has 2 aromatic rings. The molecule has 1 N–H and O–H groups in total. The molecule has 4 nitrogen and oxygen atoms in total. The van der Waals surface area contributed by atoms with Crippen LogP contribution in [-0.4, -0.2) is 17.9 Å². The lowest BCUT2D eigenvalue weighted by Crippen LogP contribution is -2.15. The number of oxazole rings is 1. The van der Waals surface area contributed by atoms with Crippen LogP contribution >= 0.6 is 0 Å². The van der Waals surface area contributed by atoms with Crippen molar-refractivity contribution < 1.29 is 9.21 Å². The highest BCUT2D eigenvalue weighted by atomic mass is 16.3. The number of rotatable bonds is 1. The minimum absolute atomic E-state index is 0.0926. The number of aryl methyl sites for hydroxylation is 2. The topological polar surface area (TPSA) is 55.1 Å². The molecule has 0 saturated carbocycles. The van der Waals surface area contributed by atoms with Crippen LogP contribution in [0.1, 0.15) is 43.7 Å². The molecule has 112 valence electrons. The Bertz CT molecular complexity index is 677. The number of allylic oxidation sites excluding steroid dienone is 2. The van der Waals surface area contributed by atoms with Crippen molar-refractivity contribution in [2.45, 2.75) is 40.0 Å². The largest absolute Gasteiger partial charge is 0.440 e. The van der Waals surface area contributed by atoms with Crippen molar-refractivity contribution in [3.8, 4) is 0 Å². The van der Waals surface area contributed by atoms with E-state index < -0.39 is 0 Å². The fourth-order valence-corrected chi connectivity index (χ4v) is 2.56. The second kappa shape index (κ2) is 6.57. The van der Waals surface area contributed by atoms with E-state index in [9.17, 15) is 4.79 Å². The highest BCUT2D eigenvalue weighted by Gasteiger charge is 2.21. The van der Waals surface area contributed by atoms with Crippen LogP contribution in [0.15, 0.2) is 22.6 Å². The van der Waals surface area contributed by atoms with E-state index in [1.807, 2.05) is 13.8 Å². The van der Waals surface area contributed by atoms with E-state index in [0.717, 1.165) is 29.8 Å². The van der Waals surface area contributed by atoms with Gasteiger partial charge in [-0.1, -0.05) is 19.1 Å². The zero-order valence-electron chi connectivity index (χ0n) is 13.1. The maximum atomic E-state index is 10.1. The average molecular weight is 286 g/mol. The molecule has 1 aliphatic carbocycles. The van der Waals surface area contributed by atoms with Crippen molar-refractivity contribution in [1.82, 2.24) is 10.3 Å². The van der Waals surface area contributed by atoms with Gasteiger partial charge >= 0.3 is 0 Å². The monoisotopic (exact) mass is 286 g/mol. The normalized spacial score (nSPS) is 14.8. The van der Waals surface area contributed by atoms with Gasteiger partial charge in [-0.2, -0.15) is 0 Å². The van der Waals surface area contributed by atoms with Gasteiger partial charge in [-0.05, 0) is 37.0 Å². The van der Waals surface area contributed by atoms with E-state index in [2.05, 4.69) is 35.4 Å². The number of fused-ring (bicyclic) bond motifs is 3. The number of nitrogens with one attached hydrogen (secondary N) is 1. The van der Waals surface area contributed by atoms with Gasteiger partial charge in [0.25, 0.3) is 0 Å². The quantitative estimate of drug-likeness (QED) is 0.871. The van der Waals surface area contributed by atoms with Crippen LogP contribution in [-0.2, 0) is 11.2 Å². The molecule has 0 saturated heterocycles. The van der Waals surface area contributed by atoms with Gasteiger partial charge in [0.15, 0.2) is 11.5 Å². The summed E-state index contributed by atoms with van der Waals surface area (Å²) in [6, 6.07) is 4.24. The first-order valence-corrected chi connectivity index (χ1v) is 7.35. The molecule has 0 fully saturated rings. The number of hydrogen-bond acceptors (Lipinski definition) is 3. The van der Waals surface area contributed by atoms with E-state index in [4.69, 9.17) is 4.42 Å². The molecule has 1 aromatic heterocycles. The first-order chi connectivity index (χ1) is 10.1. The van der Waals surface area contributed by atoms with Crippen LogP contribution in [0.25, 0.3) is 16.7 Å². The highest BCUT2D eigenvalue weighted by molar-refractivity contribution is 5.91. The number of amides is 1. The molecule has 1 aliphatic rings. The number of aromatic nitrogens is 1. The van der Waals surface area contributed by atoms with Gasteiger partial charge in [0, 0.05) is 26.0 Å². The third-order valence-corrected chi connectivity index (χ3v) is 3.68. The summed E-state index contributed by atoms with van der Waals surface area (Å²) < 4.78 is 5.69. The zero-order chi connectivity index (χ0) is 15.4. The molecule has 0 aliphatic heterocycles. The van der Waals surface area contributed by atoms with Crippen LogP contribution < -0.4 is 5.32 Å². The number of nitrogens with zero attached hydrogens (tertiary/aromatic N) is 1. The van der Waals surface area contributed by atoms with Gasteiger partial charge in [0.2, 0.25) is 5.91 Å². The summed E-state index contributed by atoms with van der Waals surface area (Å²) in [5.74, 6) is 0.843. The molecule has 1 heterocycles. The molecule has 1 aromatic carbocycles. The van der Waals surface area contributed by atoms with Crippen LogP contribution in [0.4, 0.5) is 0 Å². The van der Waals surface area contributed by atoms with Crippen molar-refractivity contribution in [3.05, 3.63) is 35.2 Å². The van der Waals surface area contributed by atoms with Crippen molar-refractivity contribution in [2.24, 2.45) is 0 Å². The number of carbonyl (C=O) groups excluding carboxylic acids is 1. The Morgan fingerprint density at radius 1 is 1.43 bits per heavy atom. The zero-order valence-corrected chi connectivity index (χ0v) is 13.1. The van der Waals surface area contributed by atoms with Gasteiger partial charge in [-0.3, -0.25) is 4.79 Å². The molecular formula is C17H22N2O2. The van der Waals surface area contributed by atoms with E-state index in [-0.39, 0.29) is 5.91 Å². The predicted molar refractivity (Wildman–Crippen MR) is 85.1 cm³/mol. The average Bonchev–Trinajstić information content (AvgIpc) is 3.08. The molecular weight excluding hydrogens is 264 g/mol. The Morgan fingerprint density at radius 3 is 2.76 bits per heavy atom. The molecule has 0 radical (unpaired) electrons. The summed E-state index contributed by atoms with van der Waals surface area (Å²) in [4.78, 5) is 14.4. The first kappa shape index (κ1) is 15.3. The Morgan fingerprint density at radius 2 is 2.19 bits per heavy atom. The van der Waals surface area contributed by atoms with Crippen molar-refractivity contribution >= 4 is 22.6 Å². The molecule has 4 heteroatoms. The summed E-state index contributed by atoms with van der Waals surface area (Å²) in [6.07, 6.45) is 5.02. The standard InChI is InChI=1S/C13H13NO.C4H9NO/c1-3-9-4-5-10-6-7-11-13(12(9)10)15-8(2)14-11;1-3-4(6)5-2/h3,6-7H,4-5H2,1-2H3;3H2,1-2H3,(H,5,6)/b9-3+;. The first-order valence-electron chi connectivity index (χ1n) is 7.35. The van der Waals surface area contributed by atoms with E-state index >= 15 is 0 Å². The van der Waals surface area contributed by atoms with Crippen molar-refractivity contribution in [1.29, 1.82) is 0 Å². The van der Waals surface area contributed by atoms with E-state index in [1.165, 1.54) is 16.7 Å². The van der Waals surface area contributed by atoms with Crippen LogP contribution in [0.2, 0.25) is 0 Å². The third kappa shape index (κ3) is 3.15. The van der Waals surface area contributed by atoms with Gasteiger partial charge in [0.1, 0.15) is 5.52 Å². The fourth-order valence-electron chi connectivity index (χ4n) is 2.56. The lowest BCUT2D eigenvalue weighted by molar-refractivity contribution is -0.120. The molecule has 0 unspecified atom stereocenters. The number of benzene rings is 1. The third-order valence-electron chi connectivity index (χ3n) is 3.68. The molecule has 1 amide bonds. The van der Waals surface area contributed by atoms with Gasteiger partial charge < -0.3 is 9.73 Å². The Kier molecular flexibility index (Phi) is 4.78. The van der Waals surface area contributed by atoms with Crippen LogP contribution in [0.3, 0.4) is 0 Å². The number of hydrogen-bond donors (Lipinski definition) is 1. The highest BCUT2D eigenvalue weighted by Crippen LogP contribution is 2.37. The van der Waals surface area contributed by atoms with Gasteiger partial charge in [-0.15, -0.1) is 0 Å². The Balaban J connectivity index is 0.000000232. The maximum absolute atomic E-state index is 10.1. The SMILES string of the molecule is C/C=C1\CCc2ccc3nc(C)oc3c21.CCC(=O)NC. The Hall–Kier alpha value is -2.10. The number of carbonyl (C=O) groups is 1. The van der Waals surface area contributed by atoms with Crippen LogP contribution in [0, 0.1) is 6.92 Å². The second-order valence-electron chi connectivity index (χ2n) is 5.02. The van der Waals surface area contributed by atoms with Crippen LogP contribution in [0.5, 0.6) is 0 Å². The van der Waals surface area contributed by atoms with Gasteiger partial charge in [-0.25, -0.2) is 4.98 Å². The fraction of sp³-hybridized carbons (Fsp3) is 0.412. The molecule has 0 bridgehead atoms. The predicted octanol–water partition coefficient (Wildman–Crippen LogP) is 3.63. The molecule has 0 spiro atoms. The lowest BCUT2D eigenvalue weighted by Gasteiger charge is -2.00. The molecule has 21 heavy (non-hydrogen) atoms. The smallest absolute Gasteiger partial charge is 0.219 e.